The van der Waals surface area contributed by atoms with Crippen molar-refractivity contribution in [3.8, 4) is 11.5 Å². The fourth-order valence-electron chi connectivity index (χ4n) is 2.07. The molecule has 6 heteroatoms. The van der Waals surface area contributed by atoms with Crippen LogP contribution < -0.4 is 4.74 Å². The van der Waals surface area contributed by atoms with E-state index in [1.807, 2.05) is 6.92 Å². The van der Waals surface area contributed by atoms with Crippen molar-refractivity contribution in [2.75, 3.05) is 6.61 Å². The van der Waals surface area contributed by atoms with Crippen molar-refractivity contribution in [2.24, 2.45) is 0 Å². The van der Waals surface area contributed by atoms with E-state index in [-0.39, 0.29) is 6.42 Å². The maximum atomic E-state index is 10.9. The highest BCUT2D eigenvalue weighted by molar-refractivity contribution is 6.34. The van der Waals surface area contributed by atoms with Crippen LogP contribution in [0, 0.1) is 0 Å². The van der Waals surface area contributed by atoms with Gasteiger partial charge in [-0.25, -0.2) is 0 Å². The largest absolute Gasteiger partial charge is 0.481 e. The van der Waals surface area contributed by atoms with E-state index in [0.29, 0.717) is 28.2 Å². The van der Waals surface area contributed by atoms with Gasteiger partial charge in [-0.15, -0.1) is 0 Å². The van der Waals surface area contributed by atoms with Crippen LogP contribution in [0.3, 0.4) is 0 Å². The van der Waals surface area contributed by atoms with Crippen molar-refractivity contribution in [1.29, 1.82) is 0 Å². The van der Waals surface area contributed by atoms with Gasteiger partial charge in [0.1, 0.15) is 11.5 Å². The molecule has 0 aliphatic rings. The molecule has 0 bridgehead atoms. The minimum absolute atomic E-state index is 0.0891. The molecule has 2 aromatic carbocycles. The summed E-state index contributed by atoms with van der Waals surface area (Å²) in [5.74, 6) is 0.122. The molecule has 0 amide bonds. The fourth-order valence-corrected chi connectivity index (χ4v) is 2.38. The minimum atomic E-state index is -0.908. The second-order valence-corrected chi connectivity index (χ2v) is 5.63. The van der Waals surface area contributed by atoms with Crippen molar-refractivity contribution >= 4 is 29.2 Å². The van der Waals surface area contributed by atoms with Gasteiger partial charge in [0.25, 0.3) is 0 Å². The number of hydrogen-bond acceptors (Lipinski definition) is 3. The Bertz CT molecular complexity index is 671. The first-order valence-electron chi connectivity index (χ1n) is 7.06. The van der Waals surface area contributed by atoms with E-state index in [4.69, 9.17) is 37.8 Å². The maximum Gasteiger partial charge on any atom is 0.306 e. The van der Waals surface area contributed by atoms with Crippen LogP contribution in [0.4, 0.5) is 0 Å². The number of halogens is 2. The van der Waals surface area contributed by atoms with Gasteiger partial charge < -0.3 is 14.6 Å². The van der Waals surface area contributed by atoms with Crippen molar-refractivity contribution in [2.45, 2.75) is 19.4 Å². The molecule has 23 heavy (non-hydrogen) atoms. The topological polar surface area (TPSA) is 55.8 Å². The average molecular weight is 355 g/mol. The monoisotopic (exact) mass is 354 g/mol. The molecule has 0 aliphatic heterocycles. The summed E-state index contributed by atoms with van der Waals surface area (Å²) in [5, 5.41) is 9.93. The first-order valence-corrected chi connectivity index (χ1v) is 7.81. The molecule has 1 N–H and O–H groups in total. The average Bonchev–Trinajstić information content (AvgIpc) is 2.51. The van der Waals surface area contributed by atoms with Gasteiger partial charge in [0.2, 0.25) is 0 Å². The van der Waals surface area contributed by atoms with Crippen molar-refractivity contribution in [3.63, 3.8) is 0 Å². The van der Waals surface area contributed by atoms with E-state index in [1.165, 1.54) is 0 Å². The lowest BCUT2D eigenvalue weighted by atomic mass is 10.1. The summed E-state index contributed by atoms with van der Waals surface area (Å²) in [6, 6.07) is 12.0. The van der Waals surface area contributed by atoms with E-state index in [1.54, 1.807) is 42.5 Å². The molecule has 0 aromatic heterocycles. The third-order valence-electron chi connectivity index (χ3n) is 3.10. The van der Waals surface area contributed by atoms with E-state index < -0.39 is 12.1 Å². The van der Waals surface area contributed by atoms with Crippen LogP contribution >= 0.6 is 23.2 Å². The molecule has 2 rings (SSSR count). The van der Waals surface area contributed by atoms with E-state index in [2.05, 4.69) is 0 Å². The summed E-state index contributed by atoms with van der Waals surface area (Å²) in [6.45, 7) is 2.27. The smallest absolute Gasteiger partial charge is 0.306 e. The molecule has 0 unspecified atom stereocenters. The lowest BCUT2D eigenvalue weighted by molar-refractivity contribution is -0.140. The van der Waals surface area contributed by atoms with Gasteiger partial charge >= 0.3 is 5.97 Å². The van der Waals surface area contributed by atoms with Crippen LogP contribution in [0.1, 0.15) is 25.0 Å². The number of aliphatic carboxylic acids is 1. The molecular formula is C17H16Cl2O4. The molecule has 4 nitrogen and oxygen atoms in total. The Morgan fingerprint density at radius 3 is 2.48 bits per heavy atom. The zero-order chi connectivity index (χ0) is 16.8. The van der Waals surface area contributed by atoms with E-state index in [9.17, 15) is 4.79 Å². The van der Waals surface area contributed by atoms with Crippen LogP contribution in [0.25, 0.3) is 0 Å². The molecule has 2 aromatic rings. The number of ether oxygens (including phenoxy) is 2. The highest BCUT2D eigenvalue weighted by atomic mass is 35.5. The number of hydrogen-bond donors (Lipinski definition) is 1. The normalized spacial score (nSPS) is 12.0. The number of rotatable bonds is 7. The molecule has 1 atom stereocenters. The Hall–Kier alpha value is -1.75. The number of carboxylic acids is 1. The van der Waals surface area contributed by atoms with E-state index >= 15 is 0 Å². The molecule has 0 radical (unpaired) electrons. The standard InChI is InChI=1S/C17H16Cl2O4/c1-2-22-15(10-17(20)21)11-3-6-13(7-4-11)23-16-9-12(18)5-8-14(16)19/h3-9,15H,2,10H2,1H3,(H,20,21)/t15-/m0/s1. The Morgan fingerprint density at radius 1 is 1.17 bits per heavy atom. The highest BCUT2D eigenvalue weighted by Crippen LogP contribution is 2.32. The Morgan fingerprint density at radius 2 is 1.87 bits per heavy atom. The van der Waals surface area contributed by atoms with Gasteiger partial charge in [-0.1, -0.05) is 35.3 Å². The summed E-state index contributed by atoms with van der Waals surface area (Å²) >= 11 is 12.0. The number of benzene rings is 2. The summed E-state index contributed by atoms with van der Waals surface area (Å²) < 4.78 is 11.2. The lowest BCUT2D eigenvalue weighted by Gasteiger charge is -2.16. The quantitative estimate of drug-likeness (QED) is 0.729. The van der Waals surface area contributed by atoms with Crippen LogP contribution in [-0.4, -0.2) is 17.7 Å². The third-order valence-corrected chi connectivity index (χ3v) is 3.65. The Kier molecular flexibility index (Phi) is 6.28. The van der Waals surface area contributed by atoms with Crippen LogP contribution in [0.2, 0.25) is 10.0 Å². The van der Waals surface area contributed by atoms with Crippen LogP contribution in [-0.2, 0) is 9.53 Å². The SMILES string of the molecule is CCO[C@@H](CC(=O)O)c1ccc(Oc2cc(Cl)ccc2Cl)cc1. The van der Waals surface area contributed by atoms with Crippen LogP contribution in [0.15, 0.2) is 42.5 Å². The first kappa shape index (κ1) is 17.6. The van der Waals surface area contributed by atoms with Crippen LogP contribution in [0.5, 0.6) is 11.5 Å². The molecule has 0 spiro atoms. The molecule has 0 heterocycles. The second kappa shape index (κ2) is 8.20. The van der Waals surface area contributed by atoms with Crippen molar-refractivity contribution < 1.29 is 19.4 Å². The summed E-state index contributed by atoms with van der Waals surface area (Å²) in [5.41, 5.74) is 0.777. The number of carboxylic acid groups (broad SMARTS) is 1. The molecule has 0 saturated heterocycles. The zero-order valence-corrected chi connectivity index (χ0v) is 14.0. The minimum Gasteiger partial charge on any atom is -0.481 e. The van der Waals surface area contributed by atoms with Gasteiger partial charge in [-0.05, 0) is 36.8 Å². The van der Waals surface area contributed by atoms with Gasteiger partial charge in [0.15, 0.2) is 0 Å². The predicted octanol–water partition coefficient (Wildman–Crippen LogP) is 5.34. The first-order chi connectivity index (χ1) is 11.0. The van der Waals surface area contributed by atoms with Gasteiger partial charge in [-0.3, -0.25) is 4.79 Å². The predicted molar refractivity (Wildman–Crippen MR) is 89.6 cm³/mol. The zero-order valence-electron chi connectivity index (χ0n) is 12.5. The lowest BCUT2D eigenvalue weighted by Crippen LogP contribution is -2.10. The van der Waals surface area contributed by atoms with Crippen molar-refractivity contribution in [3.05, 3.63) is 58.1 Å². The number of carbonyl (C=O) groups is 1. The second-order valence-electron chi connectivity index (χ2n) is 4.79. The molecular weight excluding hydrogens is 339 g/mol. The van der Waals surface area contributed by atoms with Gasteiger partial charge in [-0.2, -0.15) is 0 Å². The Balaban J connectivity index is 2.14. The summed E-state index contributed by atoms with van der Waals surface area (Å²) in [6.07, 6.45) is -0.574. The van der Waals surface area contributed by atoms with Gasteiger partial charge in [0, 0.05) is 17.7 Å². The molecule has 0 aliphatic carbocycles. The third kappa shape index (κ3) is 5.13. The maximum absolute atomic E-state index is 10.9. The van der Waals surface area contributed by atoms with Gasteiger partial charge in [0.05, 0.1) is 17.5 Å². The molecule has 0 fully saturated rings. The summed E-state index contributed by atoms with van der Waals surface area (Å²) in [7, 11) is 0. The molecule has 0 saturated carbocycles. The fraction of sp³-hybridized carbons (Fsp3) is 0.235. The van der Waals surface area contributed by atoms with E-state index in [0.717, 1.165) is 5.56 Å². The Labute approximate surface area is 144 Å². The highest BCUT2D eigenvalue weighted by Gasteiger charge is 2.16. The van der Waals surface area contributed by atoms with Crippen molar-refractivity contribution in [1.82, 2.24) is 0 Å². The molecule has 122 valence electrons. The summed E-state index contributed by atoms with van der Waals surface area (Å²) in [4.78, 5) is 10.9.